The van der Waals surface area contributed by atoms with E-state index in [9.17, 15) is 4.79 Å². The van der Waals surface area contributed by atoms with E-state index in [1.165, 1.54) is 44.9 Å². The standard InChI is InChI=1S/C24H33NO/c1-23-11-4-3-6-17(23)8-9-19-20(23)10-12-24(2)21(19)15-16(22(24)26)14-18-7-5-13-25-18/h5,7,13-14,17,19-21,25H,3-4,6,8-12,15H2,1-2H3/b16-14+/t17-,19+,20-,21-,23-,24-/m0/s1. The Bertz CT molecular complexity index is 731. The van der Waals surface area contributed by atoms with Crippen molar-refractivity contribution in [2.24, 2.45) is 34.5 Å². The molecule has 4 aliphatic carbocycles. The van der Waals surface area contributed by atoms with Gasteiger partial charge in [-0.3, -0.25) is 4.79 Å². The number of hydrogen-bond donors (Lipinski definition) is 1. The minimum absolute atomic E-state index is 0.0997. The van der Waals surface area contributed by atoms with Gasteiger partial charge in [0.2, 0.25) is 0 Å². The number of carbonyl (C=O) groups excluding carboxylic acids is 1. The lowest BCUT2D eigenvalue weighted by molar-refractivity contribution is -0.137. The van der Waals surface area contributed by atoms with E-state index in [-0.39, 0.29) is 5.41 Å². The van der Waals surface area contributed by atoms with E-state index in [0.717, 1.165) is 41.9 Å². The van der Waals surface area contributed by atoms with Crippen molar-refractivity contribution in [3.8, 4) is 0 Å². The van der Waals surface area contributed by atoms with Crippen LogP contribution in [0.5, 0.6) is 0 Å². The van der Waals surface area contributed by atoms with Gasteiger partial charge >= 0.3 is 0 Å². The largest absolute Gasteiger partial charge is 0.362 e. The Kier molecular flexibility index (Phi) is 3.78. The first kappa shape index (κ1) is 16.8. The first-order chi connectivity index (χ1) is 12.5. The summed E-state index contributed by atoms with van der Waals surface area (Å²) in [6, 6.07) is 4.09. The summed E-state index contributed by atoms with van der Waals surface area (Å²) >= 11 is 0. The van der Waals surface area contributed by atoms with Crippen LogP contribution in [0.1, 0.15) is 77.3 Å². The van der Waals surface area contributed by atoms with Gasteiger partial charge in [0.25, 0.3) is 0 Å². The van der Waals surface area contributed by atoms with Crippen LogP contribution in [0.25, 0.3) is 6.08 Å². The van der Waals surface area contributed by atoms with Crippen molar-refractivity contribution in [3.05, 3.63) is 29.6 Å². The molecular weight excluding hydrogens is 318 g/mol. The van der Waals surface area contributed by atoms with Crippen molar-refractivity contribution in [1.82, 2.24) is 4.98 Å². The lowest BCUT2D eigenvalue weighted by Crippen LogP contribution is -2.52. The van der Waals surface area contributed by atoms with Crippen LogP contribution in [-0.4, -0.2) is 10.8 Å². The molecule has 1 aromatic heterocycles. The highest BCUT2D eigenvalue weighted by Gasteiger charge is 2.60. The van der Waals surface area contributed by atoms with Crippen LogP contribution in [-0.2, 0) is 4.79 Å². The first-order valence-corrected chi connectivity index (χ1v) is 10.9. The number of carbonyl (C=O) groups is 1. The number of aromatic nitrogens is 1. The van der Waals surface area contributed by atoms with Crippen molar-refractivity contribution in [2.75, 3.05) is 0 Å². The fourth-order valence-corrected chi connectivity index (χ4v) is 7.72. The predicted octanol–water partition coefficient (Wildman–Crippen LogP) is 6.01. The van der Waals surface area contributed by atoms with Gasteiger partial charge in [-0.1, -0.05) is 26.7 Å². The summed E-state index contributed by atoms with van der Waals surface area (Å²) < 4.78 is 0. The number of ketones is 1. The number of H-pyrrole nitrogens is 1. The van der Waals surface area contributed by atoms with Gasteiger partial charge in [-0.05, 0) is 97.8 Å². The Morgan fingerprint density at radius 1 is 1.08 bits per heavy atom. The van der Waals surface area contributed by atoms with Gasteiger partial charge in [0, 0.05) is 17.3 Å². The highest BCUT2D eigenvalue weighted by molar-refractivity contribution is 6.05. The van der Waals surface area contributed by atoms with Gasteiger partial charge in [-0.15, -0.1) is 0 Å². The Morgan fingerprint density at radius 2 is 1.96 bits per heavy atom. The van der Waals surface area contributed by atoms with Crippen molar-refractivity contribution in [3.63, 3.8) is 0 Å². The van der Waals surface area contributed by atoms with Crippen LogP contribution in [0.3, 0.4) is 0 Å². The minimum Gasteiger partial charge on any atom is -0.362 e. The maximum atomic E-state index is 13.3. The van der Waals surface area contributed by atoms with Crippen LogP contribution >= 0.6 is 0 Å². The van der Waals surface area contributed by atoms with Gasteiger partial charge in [-0.2, -0.15) is 0 Å². The van der Waals surface area contributed by atoms with Crippen molar-refractivity contribution >= 4 is 11.9 Å². The molecule has 26 heavy (non-hydrogen) atoms. The van der Waals surface area contributed by atoms with Crippen molar-refractivity contribution in [1.29, 1.82) is 0 Å². The third kappa shape index (κ3) is 2.26. The fraction of sp³-hybridized carbons (Fsp3) is 0.708. The summed E-state index contributed by atoms with van der Waals surface area (Å²) in [7, 11) is 0. The van der Waals surface area contributed by atoms with Crippen LogP contribution in [0, 0.1) is 34.5 Å². The quantitative estimate of drug-likeness (QED) is 0.617. The molecule has 140 valence electrons. The number of Topliss-reactive ketones (excluding diaryl/α,β-unsaturated/α-hetero) is 1. The summed E-state index contributed by atoms with van der Waals surface area (Å²) in [6.07, 6.45) is 16.0. The monoisotopic (exact) mass is 351 g/mol. The lowest BCUT2D eigenvalue weighted by atomic mass is 9.45. The van der Waals surface area contributed by atoms with Gasteiger partial charge in [0.05, 0.1) is 0 Å². The molecule has 0 spiro atoms. The molecule has 0 aromatic carbocycles. The van der Waals surface area contributed by atoms with Gasteiger partial charge in [-0.25, -0.2) is 0 Å². The highest BCUT2D eigenvalue weighted by Crippen LogP contribution is 2.66. The number of allylic oxidation sites excluding steroid dienone is 1. The van der Waals surface area contributed by atoms with E-state index in [4.69, 9.17) is 0 Å². The molecule has 0 radical (unpaired) electrons. The maximum absolute atomic E-state index is 13.3. The Hall–Kier alpha value is -1.31. The molecule has 4 saturated carbocycles. The SMILES string of the molecule is C[C@]12CCCC[C@H]1CC[C@@H]1[C@@H]2CC[C@]2(C)C(=O)/C(=C/c3ccc[nH]3)C[C@@H]12. The molecule has 1 N–H and O–H groups in total. The topological polar surface area (TPSA) is 32.9 Å². The maximum Gasteiger partial charge on any atom is 0.165 e. The van der Waals surface area contributed by atoms with Crippen LogP contribution in [0.2, 0.25) is 0 Å². The molecule has 5 rings (SSSR count). The molecule has 1 heterocycles. The summed E-state index contributed by atoms with van der Waals surface area (Å²) in [5.41, 5.74) is 2.61. The molecule has 4 fully saturated rings. The number of rotatable bonds is 1. The molecule has 0 aliphatic heterocycles. The summed E-state index contributed by atoms with van der Waals surface area (Å²) in [4.78, 5) is 16.6. The Morgan fingerprint density at radius 3 is 2.77 bits per heavy atom. The number of nitrogens with one attached hydrogen (secondary N) is 1. The second-order valence-electron chi connectivity index (χ2n) is 10.2. The zero-order valence-electron chi connectivity index (χ0n) is 16.4. The zero-order valence-corrected chi connectivity index (χ0v) is 16.4. The summed E-state index contributed by atoms with van der Waals surface area (Å²) in [6.45, 7) is 4.91. The normalized spacial score (nSPS) is 46.7. The van der Waals surface area contributed by atoms with Crippen molar-refractivity contribution < 1.29 is 4.79 Å². The zero-order chi connectivity index (χ0) is 17.9. The van der Waals surface area contributed by atoms with E-state index >= 15 is 0 Å². The number of aromatic amines is 1. The van der Waals surface area contributed by atoms with Crippen molar-refractivity contribution in [2.45, 2.75) is 71.6 Å². The van der Waals surface area contributed by atoms with E-state index in [2.05, 4.69) is 31.0 Å². The predicted molar refractivity (Wildman–Crippen MR) is 106 cm³/mol. The molecule has 2 heteroatoms. The molecule has 0 saturated heterocycles. The molecular formula is C24H33NO. The Balaban J connectivity index is 1.47. The summed E-state index contributed by atoms with van der Waals surface area (Å²) in [5.74, 6) is 3.61. The van der Waals surface area contributed by atoms with E-state index in [1.54, 1.807) is 0 Å². The van der Waals surface area contributed by atoms with Crippen LogP contribution < -0.4 is 0 Å². The Labute approximate surface area is 157 Å². The molecule has 0 unspecified atom stereocenters. The molecule has 0 amide bonds. The molecule has 6 atom stereocenters. The third-order valence-electron chi connectivity index (χ3n) is 9.17. The molecule has 0 bridgehead atoms. The average Bonchev–Trinajstić information content (AvgIpc) is 3.23. The molecule has 2 nitrogen and oxygen atoms in total. The highest BCUT2D eigenvalue weighted by atomic mass is 16.1. The van der Waals surface area contributed by atoms with Gasteiger partial charge < -0.3 is 4.98 Å². The summed E-state index contributed by atoms with van der Waals surface area (Å²) in [5, 5.41) is 0. The average molecular weight is 352 g/mol. The van der Waals surface area contributed by atoms with E-state index < -0.39 is 0 Å². The lowest BCUT2D eigenvalue weighted by Gasteiger charge is -2.59. The molecule has 1 aromatic rings. The van der Waals surface area contributed by atoms with Gasteiger partial charge in [0.15, 0.2) is 5.78 Å². The third-order valence-corrected chi connectivity index (χ3v) is 9.17. The minimum atomic E-state index is -0.0997. The first-order valence-electron chi connectivity index (χ1n) is 10.9. The number of fused-ring (bicyclic) bond motifs is 5. The van der Waals surface area contributed by atoms with Crippen LogP contribution in [0.4, 0.5) is 0 Å². The van der Waals surface area contributed by atoms with E-state index in [1.807, 2.05) is 12.3 Å². The molecule has 4 aliphatic rings. The number of hydrogen-bond acceptors (Lipinski definition) is 1. The van der Waals surface area contributed by atoms with E-state index in [0.29, 0.717) is 17.1 Å². The smallest absolute Gasteiger partial charge is 0.165 e. The van der Waals surface area contributed by atoms with Gasteiger partial charge in [0.1, 0.15) is 0 Å². The second-order valence-corrected chi connectivity index (χ2v) is 10.2. The second kappa shape index (κ2) is 5.84. The van der Waals surface area contributed by atoms with Crippen LogP contribution in [0.15, 0.2) is 23.9 Å². The fourth-order valence-electron chi connectivity index (χ4n) is 7.72.